The summed E-state index contributed by atoms with van der Waals surface area (Å²) in [6.07, 6.45) is 0. The second-order valence-corrected chi connectivity index (χ2v) is 8.56. The van der Waals surface area contributed by atoms with E-state index in [0.29, 0.717) is 29.1 Å². The molecule has 0 aliphatic carbocycles. The van der Waals surface area contributed by atoms with Gasteiger partial charge in [0.05, 0.1) is 4.90 Å². The molecule has 0 aliphatic rings. The van der Waals surface area contributed by atoms with Crippen LogP contribution in [0.25, 0.3) is 0 Å². The number of nitrogens with one attached hydrogen (secondary N) is 4. The highest BCUT2D eigenvalue weighted by Crippen LogP contribution is 2.17. The number of halogens is 3. The first-order chi connectivity index (χ1) is 15.5. The first-order valence-corrected chi connectivity index (χ1v) is 10.8. The summed E-state index contributed by atoms with van der Waals surface area (Å²) in [6.45, 7) is -0.457. The highest BCUT2D eigenvalue weighted by Gasteiger charge is 2.16. The second-order valence-electron chi connectivity index (χ2n) is 6.79. The standard InChI is InChI=1S/C21H18F3N5O3S/c22-17-9-12(10-18(23)19(17)24)11-27-33(31,32)16-7-5-15(6-8-16)29-21(30)28-14-3-1-13(2-4-14)20(25)26/h1-10,27H,11H2,(H3,25,26)(H2,28,29,30). The number of amides is 2. The molecule has 0 fully saturated rings. The number of rotatable bonds is 7. The van der Waals surface area contributed by atoms with E-state index in [1.165, 1.54) is 24.3 Å². The van der Waals surface area contributed by atoms with Crippen molar-refractivity contribution in [1.29, 1.82) is 5.41 Å². The molecule has 172 valence electrons. The molecule has 33 heavy (non-hydrogen) atoms. The first-order valence-electron chi connectivity index (χ1n) is 9.31. The number of anilines is 2. The molecule has 0 radical (unpaired) electrons. The van der Waals surface area contributed by atoms with Gasteiger partial charge in [-0.15, -0.1) is 0 Å². The molecule has 3 aromatic rings. The molecule has 0 heterocycles. The van der Waals surface area contributed by atoms with E-state index < -0.39 is 40.1 Å². The van der Waals surface area contributed by atoms with Crippen molar-refractivity contribution in [2.24, 2.45) is 5.73 Å². The van der Waals surface area contributed by atoms with E-state index in [1.807, 2.05) is 0 Å². The Morgan fingerprint density at radius 3 is 1.85 bits per heavy atom. The molecule has 0 aliphatic heterocycles. The van der Waals surface area contributed by atoms with E-state index in [1.54, 1.807) is 24.3 Å². The average Bonchev–Trinajstić information content (AvgIpc) is 2.76. The molecule has 0 bridgehead atoms. The number of carbonyl (C=O) groups excluding carboxylic acids is 1. The Bertz CT molecular complexity index is 1270. The number of hydrogen-bond acceptors (Lipinski definition) is 4. The lowest BCUT2D eigenvalue weighted by atomic mass is 10.2. The van der Waals surface area contributed by atoms with Crippen molar-refractivity contribution in [2.75, 3.05) is 10.6 Å². The van der Waals surface area contributed by atoms with Crippen LogP contribution in [-0.4, -0.2) is 20.3 Å². The Morgan fingerprint density at radius 1 is 0.879 bits per heavy atom. The molecule has 0 saturated heterocycles. The van der Waals surface area contributed by atoms with Gasteiger partial charge in [-0.1, -0.05) is 0 Å². The van der Waals surface area contributed by atoms with Crippen LogP contribution < -0.4 is 21.1 Å². The summed E-state index contributed by atoms with van der Waals surface area (Å²) in [5.41, 5.74) is 6.53. The average molecular weight is 477 g/mol. The van der Waals surface area contributed by atoms with Crippen molar-refractivity contribution in [3.63, 3.8) is 0 Å². The van der Waals surface area contributed by atoms with Gasteiger partial charge in [-0.2, -0.15) is 0 Å². The van der Waals surface area contributed by atoms with Crippen LogP contribution in [0.4, 0.5) is 29.3 Å². The van der Waals surface area contributed by atoms with Crippen molar-refractivity contribution in [3.05, 3.63) is 89.2 Å². The normalized spacial score (nSPS) is 11.1. The van der Waals surface area contributed by atoms with Crippen LogP contribution >= 0.6 is 0 Å². The molecular formula is C21H18F3N5O3S. The van der Waals surface area contributed by atoms with E-state index in [2.05, 4.69) is 15.4 Å². The van der Waals surface area contributed by atoms with Gasteiger partial charge in [-0.25, -0.2) is 31.1 Å². The lowest BCUT2D eigenvalue weighted by molar-refractivity contribution is 0.262. The number of carbonyl (C=O) groups is 1. The van der Waals surface area contributed by atoms with Crippen LogP contribution in [0.5, 0.6) is 0 Å². The third-order valence-corrected chi connectivity index (χ3v) is 5.80. The maximum Gasteiger partial charge on any atom is 0.323 e. The lowest BCUT2D eigenvalue weighted by Crippen LogP contribution is -2.23. The second kappa shape index (κ2) is 9.71. The Hall–Kier alpha value is -3.90. The number of hydrogen-bond donors (Lipinski definition) is 5. The van der Waals surface area contributed by atoms with Gasteiger partial charge in [0.15, 0.2) is 17.5 Å². The zero-order chi connectivity index (χ0) is 24.2. The van der Waals surface area contributed by atoms with Crippen LogP contribution in [0.1, 0.15) is 11.1 Å². The molecule has 0 aromatic heterocycles. The lowest BCUT2D eigenvalue weighted by Gasteiger charge is -2.10. The molecule has 8 nitrogen and oxygen atoms in total. The monoisotopic (exact) mass is 477 g/mol. The minimum Gasteiger partial charge on any atom is -0.384 e. The Balaban J connectivity index is 1.60. The third-order valence-electron chi connectivity index (χ3n) is 4.39. The fourth-order valence-corrected chi connectivity index (χ4v) is 3.73. The van der Waals surface area contributed by atoms with Gasteiger partial charge in [0.1, 0.15) is 5.84 Å². The zero-order valence-corrected chi connectivity index (χ0v) is 17.6. The molecule has 0 saturated carbocycles. The highest BCUT2D eigenvalue weighted by molar-refractivity contribution is 7.89. The summed E-state index contributed by atoms with van der Waals surface area (Å²) in [4.78, 5) is 12.0. The molecule has 3 rings (SSSR count). The van der Waals surface area contributed by atoms with Gasteiger partial charge in [0.25, 0.3) is 0 Å². The minimum absolute atomic E-state index is 0.0960. The quantitative estimate of drug-likeness (QED) is 0.202. The summed E-state index contributed by atoms with van der Waals surface area (Å²) < 4.78 is 66.5. The number of amidine groups is 1. The summed E-state index contributed by atoms with van der Waals surface area (Å²) in [6, 6.07) is 12.2. The first kappa shape index (κ1) is 23.8. The number of nitrogen functional groups attached to an aromatic ring is 1. The van der Waals surface area contributed by atoms with E-state index in [-0.39, 0.29) is 16.3 Å². The molecular weight excluding hydrogens is 459 g/mol. The van der Waals surface area contributed by atoms with Gasteiger partial charge in [-0.05, 0) is 66.2 Å². The van der Waals surface area contributed by atoms with Gasteiger partial charge in [0, 0.05) is 23.5 Å². The molecule has 2 amide bonds. The fourth-order valence-electron chi connectivity index (χ4n) is 2.72. The molecule has 12 heteroatoms. The van der Waals surface area contributed by atoms with Crippen LogP contribution in [0, 0.1) is 22.9 Å². The van der Waals surface area contributed by atoms with Crippen molar-refractivity contribution < 1.29 is 26.4 Å². The molecule has 0 unspecified atom stereocenters. The number of urea groups is 1. The number of benzene rings is 3. The van der Waals surface area contributed by atoms with Gasteiger partial charge in [-0.3, -0.25) is 5.41 Å². The van der Waals surface area contributed by atoms with Gasteiger partial charge >= 0.3 is 6.03 Å². The highest BCUT2D eigenvalue weighted by atomic mass is 32.2. The van der Waals surface area contributed by atoms with Crippen LogP contribution in [0.3, 0.4) is 0 Å². The van der Waals surface area contributed by atoms with E-state index in [4.69, 9.17) is 11.1 Å². The van der Waals surface area contributed by atoms with Crippen LogP contribution in [-0.2, 0) is 16.6 Å². The van der Waals surface area contributed by atoms with Crippen LogP contribution in [0.15, 0.2) is 65.6 Å². The maximum absolute atomic E-state index is 13.3. The molecule has 0 spiro atoms. The van der Waals surface area contributed by atoms with Crippen molar-refractivity contribution in [3.8, 4) is 0 Å². The summed E-state index contributed by atoms with van der Waals surface area (Å²) in [7, 11) is -4.04. The minimum atomic E-state index is -4.04. The predicted octanol–water partition coefficient (Wildman–Crippen LogP) is 3.51. The molecule has 3 aromatic carbocycles. The summed E-state index contributed by atoms with van der Waals surface area (Å²) in [5.74, 6) is -4.59. The number of sulfonamides is 1. The number of nitrogens with two attached hydrogens (primary N) is 1. The van der Waals surface area contributed by atoms with Gasteiger partial charge < -0.3 is 16.4 Å². The predicted molar refractivity (Wildman–Crippen MR) is 117 cm³/mol. The van der Waals surface area contributed by atoms with Crippen molar-refractivity contribution in [1.82, 2.24) is 4.72 Å². The van der Waals surface area contributed by atoms with Crippen molar-refractivity contribution in [2.45, 2.75) is 11.4 Å². The maximum atomic E-state index is 13.3. The summed E-state index contributed by atoms with van der Waals surface area (Å²) in [5, 5.41) is 12.4. The van der Waals surface area contributed by atoms with Crippen LogP contribution in [0.2, 0.25) is 0 Å². The fraction of sp³-hybridized carbons (Fsp3) is 0.0476. The summed E-state index contributed by atoms with van der Waals surface area (Å²) >= 11 is 0. The van der Waals surface area contributed by atoms with E-state index in [0.717, 1.165) is 0 Å². The molecule has 6 N–H and O–H groups in total. The van der Waals surface area contributed by atoms with E-state index >= 15 is 0 Å². The smallest absolute Gasteiger partial charge is 0.323 e. The zero-order valence-electron chi connectivity index (χ0n) is 16.8. The van der Waals surface area contributed by atoms with E-state index in [9.17, 15) is 26.4 Å². The molecule has 0 atom stereocenters. The van der Waals surface area contributed by atoms with Gasteiger partial charge in [0.2, 0.25) is 10.0 Å². The third kappa shape index (κ3) is 6.08. The Labute approximate surface area is 187 Å². The van der Waals surface area contributed by atoms with Crippen molar-refractivity contribution >= 4 is 33.3 Å². The Kier molecular flexibility index (Phi) is 6.99. The largest absolute Gasteiger partial charge is 0.384 e. The SMILES string of the molecule is N=C(N)c1ccc(NC(=O)Nc2ccc(S(=O)(=O)NCc3cc(F)c(F)c(F)c3)cc2)cc1. The topological polar surface area (TPSA) is 137 Å². The Morgan fingerprint density at radius 2 is 1.36 bits per heavy atom.